The first-order chi connectivity index (χ1) is 10.2. The predicted octanol–water partition coefficient (Wildman–Crippen LogP) is 4.91. The number of carbonyl (C=O) groups excluding carboxylic acids is 1. The van der Waals surface area contributed by atoms with E-state index in [0.29, 0.717) is 5.57 Å². The summed E-state index contributed by atoms with van der Waals surface area (Å²) in [7, 11) is 0. The Morgan fingerprint density at radius 2 is 1.05 bits per heavy atom. The van der Waals surface area contributed by atoms with Crippen molar-refractivity contribution in [2.75, 3.05) is 13.2 Å². The highest BCUT2D eigenvalue weighted by Gasteiger charge is 1.99. The molecule has 0 atom stereocenters. The van der Waals surface area contributed by atoms with Crippen LogP contribution in [0.1, 0.15) is 6.92 Å². The minimum Gasteiger partial charge on any atom is -0.460 e. The molecule has 3 nitrogen and oxygen atoms in total. The molecular formula is C18H34O3. The Bertz CT molecular complexity index is 173. The van der Waals surface area contributed by atoms with Gasteiger partial charge in [0.1, 0.15) is 6.61 Å². The molecule has 0 fully saturated rings. The molecular weight excluding hydrogens is 264 g/mol. The molecule has 0 saturated heterocycles. The predicted molar refractivity (Wildman–Crippen MR) is 100 cm³/mol. The third kappa shape index (κ3) is 136. The molecule has 0 bridgehead atoms. The maximum absolute atomic E-state index is 10.5. The van der Waals surface area contributed by atoms with Crippen molar-refractivity contribution >= 4 is 5.97 Å². The van der Waals surface area contributed by atoms with Gasteiger partial charge in [-0.15, -0.1) is 78.9 Å². The van der Waals surface area contributed by atoms with Crippen LogP contribution in [0, 0.1) is 0 Å². The number of aliphatic hydroxyl groups is 1. The molecule has 21 heavy (non-hydrogen) atoms. The zero-order valence-electron chi connectivity index (χ0n) is 13.9. The Balaban J connectivity index is -0.0000000275. The highest BCUT2D eigenvalue weighted by atomic mass is 16.5. The Morgan fingerprint density at radius 3 is 1.19 bits per heavy atom. The van der Waals surface area contributed by atoms with Gasteiger partial charge in [0.2, 0.25) is 0 Å². The van der Waals surface area contributed by atoms with Crippen LogP contribution in [0.25, 0.3) is 0 Å². The number of esters is 1. The molecule has 1 N–H and O–H groups in total. The lowest BCUT2D eigenvalue weighted by Gasteiger charge is -1.99. The van der Waals surface area contributed by atoms with Crippen LogP contribution in [0.15, 0.2) is 91.1 Å². The van der Waals surface area contributed by atoms with Crippen molar-refractivity contribution in [3.63, 3.8) is 0 Å². The maximum atomic E-state index is 10.5. The van der Waals surface area contributed by atoms with Gasteiger partial charge in [0, 0.05) is 5.57 Å². The lowest BCUT2D eigenvalue weighted by molar-refractivity contribution is -0.139. The third-order valence-corrected chi connectivity index (χ3v) is 0.673. The van der Waals surface area contributed by atoms with Gasteiger partial charge in [-0.05, 0) is 6.92 Å². The fourth-order valence-corrected chi connectivity index (χ4v) is 0.262. The highest BCUT2D eigenvalue weighted by Crippen LogP contribution is 1.89. The quantitative estimate of drug-likeness (QED) is 0.457. The zero-order valence-corrected chi connectivity index (χ0v) is 13.9. The van der Waals surface area contributed by atoms with Crippen molar-refractivity contribution in [3.8, 4) is 0 Å². The molecule has 0 heterocycles. The second kappa shape index (κ2) is 111. The largest absolute Gasteiger partial charge is 0.460 e. The van der Waals surface area contributed by atoms with Gasteiger partial charge >= 0.3 is 5.97 Å². The topological polar surface area (TPSA) is 46.5 Å². The smallest absolute Gasteiger partial charge is 0.333 e. The van der Waals surface area contributed by atoms with E-state index in [1.807, 2.05) is 0 Å². The Morgan fingerprint density at radius 1 is 0.810 bits per heavy atom. The van der Waals surface area contributed by atoms with Crippen LogP contribution < -0.4 is 0 Å². The molecule has 0 aliphatic rings. The fourth-order valence-electron chi connectivity index (χ4n) is 0.262. The van der Waals surface area contributed by atoms with E-state index in [2.05, 4.69) is 90.3 Å². The first-order valence-corrected chi connectivity index (χ1v) is 5.62. The van der Waals surface area contributed by atoms with Crippen LogP contribution in [-0.2, 0) is 9.53 Å². The first kappa shape index (κ1) is 42.8. The first-order valence-electron chi connectivity index (χ1n) is 5.62. The molecule has 124 valence electrons. The molecule has 3 heteroatoms. The van der Waals surface area contributed by atoms with Gasteiger partial charge in [-0.25, -0.2) is 4.79 Å². The summed E-state index contributed by atoms with van der Waals surface area (Å²) in [4.78, 5) is 10.5. The number of hydrogen-bond acceptors (Lipinski definition) is 3. The van der Waals surface area contributed by atoms with Crippen LogP contribution in [0.4, 0.5) is 0 Å². The van der Waals surface area contributed by atoms with Crippen LogP contribution >= 0.6 is 0 Å². The zero-order chi connectivity index (χ0) is 19.3. The van der Waals surface area contributed by atoms with Gasteiger partial charge < -0.3 is 9.84 Å². The number of rotatable bonds is 3. The van der Waals surface area contributed by atoms with E-state index < -0.39 is 5.97 Å². The van der Waals surface area contributed by atoms with Crippen molar-refractivity contribution in [2.45, 2.75) is 6.92 Å². The number of ether oxygens (including phenoxy) is 1. The van der Waals surface area contributed by atoms with Crippen LogP contribution in [0.3, 0.4) is 0 Å². The average molecular weight is 298 g/mol. The minimum absolute atomic E-state index is 0.0473. The molecule has 0 amide bonds. The molecule has 0 aromatic rings. The van der Waals surface area contributed by atoms with Gasteiger partial charge in [0.05, 0.1) is 6.61 Å². The monoisotopic (exact) mass is 298 g/mol. The molecule has 0 aliphatic carbocycles. The van der Waals surface area contributed by atoms with Gasteiger partial charge in [-0.2, -0.15) is 0 Å². The lowest BCUT2D eigenvalue weighted by Crippen LogP contribution is -2.08. The number of hydrogen-bond donors (Lipinski definition) is 1. The minimum atomic E-state index is -0.455. The molecule has 0 aromatic heterocycles. The summed E-state index contributed by atoms with van der Waals surface area (Å²) in [5, 5.41) is 8.19. The summed E-state index contributed by atoms with van der Waals surface area (Å²) < 4.78 is 4.46. The summed E-state index contributed by atoms with van der Waals surface area (Å²) in [6, 6.07) is 0. The lowest BCUT2D eigenvalue weighted by atomic mass is 10.4. The van der Waals surface area contributed by atoms with E-state index in [-0.39, 0.29) is 13.2 Å². The van der Waals surface area contributed by atoms with Crippen molar-refractivity contribution in [3.05, 3.63) is 91.1 Å². The number of aliphatic hydroxyl groups excluding tert-OH is 1. The van der Waals surface area contributed by atoms with Crippen molar-refractivity contribution in [1.29, 1.82) is 0 Å². The Labute approximate surface area is 132 Å². The normalized spacial score (nSPS) is 4.86. The molecule has 0 radical (unpaired) electrons. The van der Waals surface area contributed by atoms with E-state index in [0.717, 1.165) is 0 Å². The van der Waals surface area contributed by atoms with Gasteiger partial charge in [-0.3, -0.25) is 0 Å². The number of carbonyl (C=O) groups is 1. The molecule has 0 aromatic carbocycles. The van der Waals surface area contributed by atoms with Crippen molar-refractivity contribution < 1.29 is 14.6 Å². The van der Waals surface area contributed by atoms with Crippen molar-refractivity contribution in [1.82, 2.24) is 0 Å². The van der Waals surface area contributed by atoms with E-state index in [1.165, 1.54) is 0 Å². The second-order valence-electron chi connectivity index (χ2n) is 1.64. The van der Waals surface area contributed by atoms with E-state index >= 15 is 0 Å². The van der Waals surface area contributed by atoms with E-state index in [4.69, 9.17) is 5.11 Å². The Kier molecular flexibility index (Phi) is 227. The van der Waals surface area contributed by atoms with Crippen LogP contribution in [0.5, 0.6) is 0 Å². The molecule has 0 unspecified atom stereocenters. The molecule has 0 aliphatic heterocycles. The Hall–Kier alpha value is -2.39. The van der Waals surface area contributed by atoms with E-state index in [1.54, 1.807) is 6.92 Å². The van der Waals surface area contributed by atoms with Gasteiger partial charge in [-0.1, -0.05) is 6.58 Å². The standard InChI is InChI=1S/C6H10O3.6C2H4/c1-5(2)6(8)9-4-3-7;6*1-2/h7H,1,3-4H2,2H3;6*1-2H2. The van der Waals surface area contributed by atoms with Crippen LogP contribution in [0.2, 0.25) is 0 Å². The average Bonchev–Trinajstić information content (AvgIpc) is 2.63. The maximum Gasteiger partial charge on any atom is 0.333 e. The summed E-state index contributed by atoms with van der Waals surface area (Å²) in [5.74, 6) is -0.455. The molecule has 0 spiro atoms. The highest BCUT2D eigenvalue weighted by molar-refractivity contribution is 5.86. The fraction of sp³-hybridized carbons (Fsp3) is 0.167. The van der Waals surface area contributed by atoms with Crippen LogP contribution in [-0.4, -0.2) is 24.3 Å². The summed E-state index contributed by atoms with van der Waals surface area (Å²) in [6.45, 7) is 40.8. The SMILES string of the molecule is C=C.C=C.C=C.C=C.C=C.C=C.C=C(C)C(=O)OCCO. The molecule has 0 rings (SSSR count). The van der Waals surface area contributed by atoms with Crippen molar-refractivity contribution in [2.24, 2.45) is 0 Å². The second-order valence-corrected chi connectivity index (χ2v) is 1.64. The summed E-state index contributed by atoms with van der Waals surface area (Å²) in [6.07, 6.45) is 0. The summed E-state index contributed by atoms with van der Waals surface area (Å²) in [5.41, 5.74) is 0.350. The third-order valence-electron chi connectivity index (χ3n) is 0.673. The van der Waals surface area contributed by atoms with Gasteiger partial charge in [0.15, 0.2) is 0 Å². The van der Waals surface area contributed by atoms with E-state index in [9.17, 15) is 4.79 Å². The summed E-state index contributed by atoms with van der Waals surface area (Å²) >= 11 is 0. The molecule has 0 saturated carbocycles. The van der Waals surface area contributed by atoms with Gasteiger partial charge in [0.25, 0.3) is 0 Å².